The van der Waals surface area contributed by atoms with Crippen LogP contribution in [0.25, 0.3) is 0 Å². The highest BCUT2D eigenvalue weighted by atomic mass is 127. The molecule has 4 nitrogen and oxygen atoms in total. The van der Waals surface area contributed by atoms with E-state index in [1.807, 2.05) is 22.6 Å². The van der Waals surface area contributed by atoms with Gasteiger partial charge in [0.2, 0.25) is 0 Å². The van der Waals surface area contributed by atoms with Crippen molar-refractivity contribution in [3.05, 3.63) is 40.0 Å². The number of benzene rings is 1. The summed E-state index contributed by atoms with van der Waals surface area (Å²) in [7, 11) is 0. The average Bonchev–Trinajstić information content (AvgIpc) is 2.22. The molecule has 0 aliphatic carbocycles. The summed E-state index contributed by atoms with van der Waals surface area (Å²) in [5.41, 5.74) is 6.26. The van der Waals surface area contributed by atoms with E-state index in [-0.39, 0.29) is 5.82 Å². The molecule has 0 aliphatic heterocycles. The van der Waals surface area contributed by atoms with Crippen LogP contribution in [0.5, 0.6) is 0 Å². The van der Waals surface area contributed by atoms with Gasteiger partial charge < -0.3 is 11.1 Å². The summed E-state index contributed by atoms with van der Waals surface area (Å²) in [6.45, 7) is 0. The number of nitrogens with two attached hydrogens (primary N) is 1. The summed E-state index contributed by atoms with van der Waals surface area (Å²) in [5, 5.41) is 3.01. The maximum Gasteiger partial charge on any atom is 0.151 e. The molecule has 0 saturated carbocycles. The summed E-state index contributed by atoms with van der Waals surface area (Å²) < 4.78 is 13.6. The Bertz CT molecular complexity index is 518. The number of nitrogens with zero attached hydrogens (tertiary/aromatic N) is 2. The van der Waals surface area contributed by atoms with E-state index in [2.05, 4.69) is 15.3 Å². The summed E-state index contributed by atoms with van der Waals surface area (Å²) in [4.78, 5) is 7.94. The number of nitrogen functional groups attached to an aromatic ring is 1. The summed E-state index contributed by atoms with van der Waals surface area (Å²) in [6.07, 6.45) is 3.01. The van der Waals surface area contributed by atoms with E-state index in [1.165, 1.54) is 18.3 Å². The van der Waals surface area contributed by atoms with Crippen molar-refractivity contribution < 1.29 is 4.39 Å². The molecule has 0 unspecified atom stereocenters. The minimum Gasteiger partial charge on any atom is -0.382 e. The van der Waals surface area contributed by atoms with Crippen LogP contribution in [0.15, 0.2) is 30.6 Å². The number of anilines is 3. The zero-order valence-corrected chi connectivity index (χ0v) is 10.3. The van der Waals surface area contributed by atoms with E-state index in [9.17, 15) is 4.39 Å². The first kappa shape index (κ1) is 11.1. The van der Waals surface area contributed by atoms with Crippen LogP contribution in [-0.2, 0) is 0 Å². The second-order valence-electron chi connectivity index (χ2n) is 3.08. The largest absolute Gasteiger partial charge is 0.382 e. The van der Waals surface area contributed by atoms with Gasteiger partial charge in [0.1, 0.15) is 11.6 Å². The smallest absolute Gasteiger partial charge is 0.151 e. The van der Waals surface area contributed by atoms with E-state index in [1.54, 1.807) is 12.3 Å². The van der Waals surface area contributed by atoms with E-state index in [0.29, 0.717) is 11.6 Å². The lowest BCUT2D eigenvalue weighted by Crippen LogP contribution is -1.99. The molecule has 0 bridgehead atoms. The monoisotopic (exact) mass is 330 g/mol. The second-order valence-corrected chi connectivity index (χ2v) is 4.24. The molecule has 0 fully saturated rings. The molecule has 16 heavy (non-hydrogen) atoms. The highest BCUT2D eigenvalue weighted by molar-refractivity contribution is 14.1. The Labute approximate surface area is 105 Å². The highest BCUT2D eigenvalue weighted by Gasteiger charge is 2.03. The van der Waals surface area contributed by atoms with E-state index in [4.69, 9.17) is 5.73 Å². The molecular formula is C10H8FIN4. The van der Waals surface area contributed by atoms with Crippen molar-refractivity contribution in [2.24, 2.45) is 0 Å². The third kappa shape index (κ3) is 2.57. The lowest BCUT2D eigenvalue weighted by molar-refractivity contribution is 0.627. The number of nitrogens with one attached hydrogen (secondary N) is 1. The normalized spacial score (nSPS) is 10.1. The molecule has 2 rings (SSSR count). The first-order valence-electron chi connectivity index (χ1n) is 4.45. The van der Waals surface area contributed by atoms with E-state index >= 15 is 0 Å². The van der Waals surface area contributed by atoms with Gasteiger partial charge in [0.25, 0.3) is 0 Å². The van der Waals surface area contributed by atoms with Gasteiger partial charge in [-0.2, -0.15) is 0 Å². The van der Waals surface area contributed by atoms with Crippen LogP contribution in [0.1, 0.15) is 0 Å². The molecule has 0 aliphatic rings. The Kier molecular flexibility index (Phi) is 3.18. The van der Waals surface area contributed by atoms with Crippen molar-refractivity contribution in [2.75, 3.05) is 11.1 Å². The van der Waals surface area contributed by atoms with Crippen molar-refractivity contribution in [1.29, 1.82) is 0 Å². The first-order chi connectivity index (χ1) is 7.65. The Morgan fingerprint density at radius 2 is 2.12 bits per heavy atom. The van der Waals surface area contributed by atoms with E-state index < -0.39 is 0 Å². The highest BCUT2D eigenvalue weighted by Crippen LogP contribution is 2.22. The average molecular weight is 330 g/mol. The predicted octanol–water partition coefficient (Wildman–Crippen LogP) is 2.55. The quantitative estimate of drug-likeness (QED) is 0.831. The number of hydrogen-bond acceptors (Lipinski definition) is 4. The van der Waals surface area contributed by atoms with Crippen LogP contribution in [-0.4, -0.2) is 9.97 Å². The van der Waals surface area contributed by atoms with E-state index in [0.717, 1.165) is 9.26 Å². The van der Waals surface area contributed by atoms with Gasteiger partial charge in [0.15, 0.2) is 5.82 Å². The fraction of sp³-hybridized carbons (Fsp3) is 0. The molecule has 0 spiro atoms. The number of hydrogen-bond donors (Lipinski definition) is 2. The zero-order chi connectivity index (χ0) is 11.5. The molecule has 0 radical (unpaired) electrons. The Hall–Kier alpha value is -1.44. The number of halogens is 2. The fourth-order valence-electron chi connectivity index (χ4n) is 1.17. The van der Waals surface area contributed by atoms with Crippen LogP contribution in [0.4, 0.5) is 21.7 Å². The van der Waals surface area contributed by atoms with Gasteiger partial charge in [-0.15, -0.1) is 0 Å². The van der Waals surface area contributed by atoms with Gasteiger partial charge >= 0.3 is 0 Å². The molecule has 3 N–H and O–H groups in total. The van der Waals surface area contributed by atoms with Crippen LogP contribution in [0.3, 0.4) is 0 Å². The van der Waals surface area contributed by atoms with Crippen molar-refractivity contribution >= 4 is 39.9 Å². The molecule has 1 aromatic carbocycles. The standard InChI is InChI=1S/C10H8FIN4/c11-6-1-2-8(7(12)3-6)15-10-5-14-4-9(13)16-10/h1-5H,(H3,13,15,16). The van der Waals surface area contributed by atoms with Crippen molar-refractivity contribution in [3.8, 4) is 0 Å². The minimum absolute atomic E-state index is 0.270. The molecular weight excluding hydrogens is 322 g/mol. The molecule has 2 aromatic rings. The topological polar surface area (TPSA) is 63.8 Å². The Balaban J connectivity index is 2.27. The Morgan fingerprint density at radius 1 is 1.31 bits per heavy atom. The molecule has 0 atom stereocenters. The maximum absolute atomic E-state index is 12.9. The third-order valence-electron chi connectivity index (χ3n) is 1.85. The second kappa shape index (κ2) is 4.60. The van der Waals surface area contributed by atoms with Gasteiger partial charge in [-0.25, -0.2) is 9.37 Å². The van der Waals surface area contributed by atoms with Crippen molar-refractivity contribution in [3.63, 3.8) is 0 Å². The first-order valence-corrected chi connectivity index (χ1v) is 5.52. The molecule has 0 amide bonds. The van der Waals surface area contributed by atoms with Gasteiger partial charge in [0, 0.05) is 3.57 Å². The zero-order valence-electron chi connectivity index (χ0n) is 8.11. The lowest BCUT2D eigenvalue weighted by atomic mass is 10.3. The summed E-state index contributed by atoms with van der Waals surface area (Å²) >= 11 is 2.04. The maximum atomic E-state index is 12.9. The van der Waals surface area contributed by atoms with Crippen molar-refractivity contribution in [2.45, 2.75) is 0 Å². The van der Waals surface area contributed by atoms with Crippen LogP contribution in [0, 0.1) is 9.39 Å². The predicted molar refractivity (Wildman–Crippen MR) is 68.8 cm³/mol. The van der Waals surface area contributed by atoms with Gasteiger partial charge in [0.05, 0.1) is 18.1 Å². The minimum atomic E-state index is -0.270. The Morgan fingerprint density at radius 3 is 2.81 bits per heavy atom. The molecule has 0 saturated heterocycles. The summed E-state index contributed by atoms with van der Waals surface area (Å²) in [6, 6.07) is 4.45. The van der Waals surface area contributed by atoms with Crippen LogP contribution >= 0.6 is 22.6 Å². The molecule has 82 valence electrons. The fourth-order valence-corrected chi connectivity index (χ4v) is 1.78. The number of rotatable bonds is 2. The lowest BCUT2D eigenvalue weighted by Gasteiger charge is -2.07. The van der Waals surface area contributed by atoms with Gasteiger partial charge in [-0.05, 0) is 40.8 Å². The van der Waals surface area contributed by atoms with Crippen molar-refractivity contribution in [1.82, 2.24) is 9.97 Å². The third-order valence-corrected chi connectivity index (χ3v) is 2.74. The van der Waals surface area contributed by atoms with Gasteiger partial charge in [-0.3, -0.25) is 4.98 Å². The molecule has 1 aromatic heterocycles. The van der Waals surface area contributed by atoms with Crippen LogP contribution < -0.4 is 11.1 Å². The molecule has 6 heteroatoms. The van der Waals surface area contributed by atoms with Crippen LogP contribution in [0.2, 0.25) is 0 Å². The summed E-state index contributed by atoms with van der Waals surface area (Å²) in [5.74, 6) is 0.597. The van der Waals surface area contributed by atoms with Gasteiger partial charge in [-0.1, -0.05) is 0 Å². The molecule has 1 heterocycles. The number of aromatic nitrogens is 2. The SMILES string of the molecule is Nc1cncc(Nc2ccc(F)cc2I)n1.